The van der Waals surface area contributed by atoms with E-state index in [-0.39, 0.29) is 6.04 Å². The topological polar surface area (TPSA) is 85.4 Å². The van der Waals surface area contributed by atoms with E-state index in [4.69, 9.17) is 4.74 Å². The van der Waals surface area contributed by atoms with Crippen molar-refractivity contribution in [2.45, 2.75) is 37.5 Å². The summed E-state index contributed by atoms with van der Waals surface area (Å²) in [7, 11) is -2.29. The van der Waals surface area contributed by atoms with Gasteiger partial charge in [-0.15, -0.1) is 0 Å². The third kappa shape index (κ3) is 3.59. The molecular formula is C14H20N2O4S. The number of hydrogen-bond acceptors (Lipinski definition) is 5. The number of rotatable bonds is 5. The molecule has 0 amide bonds. The van der Waals surface area contributed by atoms with Crippen LogP contribution >= 0.6 is 0 Å². The molecular weight excluding hydrogens is 292 g/mol. The summed E-state index contributed by atoms with van der Waals surface area (Å²) in [5.41, 5.74) is 0.834. The minimum atomic E-state index is -3.58. The van der Waals surface area contributed by atoms with Crippen LogP contribution < -0.4 is 4.72 Å². The van der Waals surface area contributed by atoms with Gasteiger partial charge in [0, 0.05) is 18.4 Å². The molecule has 2 unspecified atom stereocenters. The molecule has 0 aromatic carbocycles. The summed E-state index contributed by atoms with van der Waals surface area (Å²) < 4.78 is 32.4. The maximum atomic E-state index is 12.5. The Kier molecular flexibility index (Phi) is 4.95. The molecule has 1 aliphatic rings. The van der Waals surface area contributed by atoms with Gasteiger partial charge < -0.3 is 4.74 Å². The number of nitrogens with one attached hydrogen (secondary N) is 1. The molecule has 0 radical (unpaired) electrons. The molecule has 1 aromatic heterocycles. The maximum absolute atomic E-state index is 12.5. The van der Waals surface area contributed by atoms with Crippen LogP contribution in [-0.2, 0) is 19.6 Å². The third-order valence-corrected chi connectivity index (χ3v) is 5.95. The smallest absolute Gasteiger partial charge is 0.310 e. The molecule has 0 spiro atoms. The predicted molar refractivity (Wildman–Crippen MR) is 77.9 cm³/mol. The van der Waals surface area contributed by atoms with Crippen molar-refractivity contribution in [3.63, 3.8) is 0 Å². The first-order chi connectivity index (χ1) is 9.95. The van der Waals surface area contributed by atoms with E-state index in [2.05, 4.69) is 9.71 Å². The first-order valence-electron chi connectivity index (χ1n) is 6.94. The van der Waals surface area contributed by atoms with Crippen LogP contribution in [0.25, 0.3) is 0 Å². The predicted octanol–water partition coefficient (Wildman–Crippen LogP) is 1.40. The molecule has 1 aromatic rings. The molecule has 6 nitrogen and oxygen atoms in total. The molecule has 1 N–H and O–H groups in total. The molecule has 1 aliphatic carbocycles. The van der Waals surface area contributed by atoms with Crippen LogP contribution in [0.1, 0.15) is 37.8 Å². The summed E-state index contributed by atoms with van der Waals surface area (Å²) in [4.78, 5) is 15.6. The summed E-state index contributed by atoms with van der Waals surface area (Å²) >= 11 is 0. The number of carbonyl (C=O) groups excluding carboxylic acids is 1. The first-order valence-corrected chi connectivity index (χ1v) is 8.49. The van der Waals surface area contributed by atoms with Gasteiger partial charge in [0.1, 0.15) is 0 Å². The highest BCUT2D eigenvalue weighted by molar-refractivity contribution is 7.90. The SMILES string of the molecule is COC(=O)C1CCCC1S(=O)(=O)N[C@H](C)c1ccncc1. The number of pyridine rings is 1. The number of aromatic nitrogens is 1. The second-order valence-corrected chi connectivity index (χ2v) is 7.20. The highest BCUT2D eigenvalue weighted by atomic mass is 32.2. The number of sulfonamides is 1. The van der Waals surface area contributed by atoms with Gasteiger partial charge in [0.2, 0.25) is 10.0 Å². The second kappa shape index (κ2) is 6.53. The van der Waals surface area contributed by atoms with Crippen molar-refractivity contribution >= 4 is 16.0 Å². The zero-order valence-corrected chi connectivity index (χ0v) is 13.0. The fourth-order valence-corrected chi connectivity index (χ4v) is 4.73. The van der Waals surface area contributed by atoms with Gasteiger partial charge in [-0.2, -0.15) is 0 Å². The number of nitrogens with zero attached hydrogens (tertiary/aromatic N) is 1. The van der Waals surface area contributed by atoms with Crippen LogP contribution in [0.15, 0.2) is 24.5 Å². The van der Waals surface area contributed by atoms with Gasteiger partial charge in [-0.1, -0.05) is 6.42 Å². The van der Waals surface area contributed by atoms with E-state index in [0.717, 1.165) is 12.0 Å². The Morgan fingerprint density at radius 3 is 2.67 bits per heavy atom. The quantitative estimate of drug-likeness (QED) is 0.831. The number of hydrogen-bond donors (Lipinski definition) is 1. The Balaban J connectivity index is 2.13. The Labute approximate surface area is 125 Å². The number of ether oxygens (including phenoxy) is 1. The summed E-state index contributed by atoms with van der Waals surface area (Å²) in [6.07, 6.45) is 4.99. The summed E-state index contributed by atoms with van der Waals surface area (Å²) in [5.74, 6) is -1.02. The van der Waals surface area contributed by atoms with Crippen molar-refractivity contribution in [3.05, 3.63) is 30.1 Å². The Morgan fingerprint density at radius 1 is 1.38 bits per heavy atom. The van der Waals surface area contributed by atoms with Gasteiger partial charge in [0.15, 0.2) is 0 Å². The standard InChI is InChI=1S/C14H20N2O4S/c1-10(11-6-8-15-9-7-11)16-21(18,19)13-5-3-4-12(13)14(17)20-2/h6-10,12-13,16H,3-5H2,1-2H3/t10-,12?,13?/m1/s1. The molecule has 3 atom stereocenters. The van der Waals surface area contributed by atoms with E-state index in [0.29, 0.717) is 12.8 Å². The fraction of sp³-hybridized carbons (Fsp3) is 0.571. The zero-order chi connectivity index (χ0) is 15.5. The van der Waals surface area contributed by atoms with E-state index in [1.807, 2.05) is 0 Å². The lowest BCUT2D eigenvalue weighted by atomic mass is 10.1. The van der Waals surface area contributed by atoms with Gasteiger partial charge in [0.25, 0.3) is 0 Å². The molecule has 7 heteroatoms. The van der Waals surface area contributed by atoms with Gasteiger partial charge >= 0.3 is 5.97 Å². The van der Waals surface area contributed by atoms with Crippen LogP contribution in [-0.4, -0.2) is 31.7 Å². The minimum absolute atomic E-state index is 0.364. The highest BCUT2D eigenvalue weighted by Gasteiger charge is 2.42. The van der Waals surface area contributed by atoms with E-state index in [1.165, 1.54) is 7.11 Å². The lowest BCUT2D eigenvalue weighted by Crippen LogP contribution is -2.40. The zero-order valence-electron chi connectivity index (χ0n) is 12.2. The van der Waals surface area contributed by atoms with E-state index >= 15 is 0 Å². The first kappa shape index (κ1) is 15.9. The van der Waals surface area contributed by atoms with Gasteiger partial charge in [-0.25, -0.2) is 13.1 Å². The van der Waals surface area contributed by atoms with Crippen molar-refractivity contribution < 1.29 is 17.9 Å². The number of carbonyl (C=O) groups is 1. The molecule has 21 heavy (non-hydrogen) atoms. The second-order valence-electron chi connectivity index (χ2n) is 5.26. The van der Waals surface area contributed by atoms with Crippen LogP contribution in [0.2, 0.25) is 0 Å². The molecule has 0 saturated heterocycles. The molecule has 0 aliphatic heterocycles. The third-order valence-electron chi connectivity index (χ3n) is 3.90. The van der Waals surface area contributed by atoms with Crippen LogP contribution in [0.4, 0.5) is 0 Å². The van der Waals surface area contributed by atoms with E-state index in [1.54, 1.807) is 31.5 Å². The van der Waals surface area contributed by atoms with Crippen LogP contribution in [0.3, 0.4) is 0 Å². The average Bonchev–Trinajstić information content (AvgIpc) is 2.97. The lowest BCUT2D eigenvalue weighted by Gasteiger charge is -2.21. The largest absolute Gasteiger partial charge is 0.469 e. The van der Waals surface area contributed by atoms with Gasteiger partial charge in [0.05, 0.1) is 18.3 Å². The monoisotopic (exact) mass is 312 g/mol. The Morgan fingerprint density at radius 2 is 2.05 bits per heavy atom. The summed E-state index contributed by atoms with van der Waals surface area (Å²) in [5, 5.41) is -0.714. The van der Waals surface area contributed by atoms with Gasteiger partial charge in [-0.05, 0) is 37.5 Å². The Hall–Kier alpha value is -1.47. The molecule has 0 bridgehead atoms. The molecule has 116 valence electrons. The molecule has 2 rings (SSSR count). The van der Waals surface area contributed by atoms with Crippen LogP contribution in [0, 0.1) is 5.92 Å². The maximum Gasteiger partial charge on any atom is 0.310 e. The Bertz CT molecular complexity index is 588. The molecule has 1 heterocycles. The normalized spacial score (nSPS) is 23.7. The summed E-state index contributed by atoms with van der Waals surface area (Å²) in [6, 6.07) is 3.16. The van der Waals surface area contributed by atoms with Crippen molar-refractivity contribution in [1.82, 2.24) is 9.71 Å². The lowest BCUT2D eigenvalue weighted by molar-refractivity contribution is -0.145. The van der Waals surface area contributed by atoms with Crippen molar-refractivity contribution in [1.29, 1.82) is 0 Å². The van der Waals surface area contributed by atoms with Crippen LogP contribution in [0.5, 0.6) is 0 Å². The number of methoxy groups -OCH3 is 1. The minimum Gasteiger partial charge on any atom is -0.469 e. The van der Waals surface area contributed by atoms with Crippen molar-refractivity contribution in [3.8, 4) is 0 Å². The van der Waals surface area contributed by atoms with E-state index < -0.39 is 27.2 Å². The van der Waals surface area contributed by atoms with Crippen molar-refractivity contribution in [2.75, 3.05) is 7.11 Å². The molecule has 1 saturated carbocycles. The summed E-state index contributed by atoms with van der Waals surface area (Å²) in [6.45, 7) is 1.77. The fourth-order valence-electron chi connectivity index (χ4n) is 2.77. The van der Waals surface area contributed by atoms with E-state index in [9.17, 15) is 13.2 Å². The average molecular weight is 312 g/mol. The van der Waals surface area contributed by atoms with Gasteiger partial charge in [-0.3, -0.25) is 9.78 Å². The number of esters is 1. The molecule has 1 fully saturated rings. The van der Waals surface area contributed by atoms with Crippen molar-refractivity contribution in [2.24, 2.45) is 5.92 Å². The highest BCUT2D eigenvalue weighted by Crippen LogP contribution is 2.32.